The van der Waals surface area contributed by atoms with Gasteiger partial charge in [0.1, 0.15) is 66.5 Å². The molecule has 1 saturated heterocycles. The number of amides is 11. The largest absolute Gasteiger partial charge is 0.390 e. The van der Waals surface area contributed by atoms with E-state index >= 15 is 9.59 Å². The molecule has 498 valence electrons. The Morgan fingerprint density at radius 2 is 0.816 bits per heavy atom. The summed E-state index contributed by atoms with van der Waals surface area (Å²) in [6.07, 6.45) is 2.93. The molecule has 23 nitrogen and oxygen atoms in total. The van der Waals surface area contributed by atoms with E-state index in [0.29, 0.717) is 6.42 Å². The fourth-order valence-corrected chi connectivity index (χ4v) is 11.4. The van der Waals surface area contributed by atoms with Gasteiger partial charge in [0.15, 0.2) is 0 Å². The number of carbonyl (C=O) groups excluding carboxylic acids is 11. The number of nitrogens with zero attached hydrogens (tertiary/aromatic N) is 7. The number of aliphatic hydroxyl groups is 1. The minimum Gasteiger partial charge on any atom is -0.390 e. The van der Waals surface area contributed by atoms with Crippen molar-refractivity contribution in [2.75, 3.05) is 55.1 Å². The number of allylic oxidation sites excluding steroid dienone is 2. The second-order valence-electron chi connectivity index (χ2n) is 26.5. The summed E-state index contributed by atoms with van der Waals surface area (Å²) in [4.78, 5) is 170. The molecule has 1 aliphatic rings. The van der Waals surface area contributed by atoms with Gasteiger partial charge >= 0.3 is 0 Å². The van der Waals surface area contributed by atoms with Gasteiger partial charge in [0.2, 0.25) is 65.0 Å². The smallest absolute Gasteiger partial charge is 0.246 e. The summed E-state index contributed by atoms with van der Waals surface area (Å²) in [6, 6.07) is -13.8. The maximum atomic E-state index is 15.2. The molecule has 0 unspecified atom stereocenters. The first-order valence-corrected chi connectivity index (χ1v) is 31.8. The average molecular weight is 1250 g/mol. The lowest BCUT2D eigenvalue weighted by Crippen LogP contribution is -2.64. The first kappa shape index (κ1) is 79.2. The van der Waals surface area contributed by atoms with Crippen LogP contribution in [0.2, 0.25) is 0 Å². The van der Waals surface area contributed by atoms with Crippen molar-refractivity contribution in [1.29, 1.82) is 0 Å². The predicted molar refractivity (Wildman–Crippen MR) is 341 cm³/mol. The number of hydrogen-bond acceptors (Lipinski definition) is 13. The van der Waals surface area contributed by atoms with Gasteiger partial charge in [-0.05, 0) is 101 Å². The van der Waals surface area contributed by atoms with Crippen LogP contribution < -0.4 is 21.3 Å². The Morgan fingerprint density at radius 1 is 0.437 bits per heavy atom. The first-order valence-electron chi connectivity index (χ1n) is 31.2. The zero-order chi connectivity index (χ0) is 67.6. The van der Waals surface area contributed by atoms with Crippen molar-refractivity contribution < 1.29 is 57.8 Å². The van der Waals surface area contributed by atoms with Crippen LogP contribution in [0, 0.1) is 41.4 Å². The third-order valence-corrected chi connectivity index (χ3v) is 16.9. The zero-order valence-corrected chi connectivity index (χ0v) is 58.0. The molecule has 1 fully saturated rings. The van der Waals surface area contributed by atoms with E-state index in [1.165, 1.54) is 87.7 Å². The monoisotopic (exact) mass is 1250 g/mol. The molecule has 5 N–H and O–H groups in total. The van der Waals surface area contributed by atoms with Gasteiger partial charge in [-0.3, -0.25) is 52.7 Å². The molecule has 24 heteroatoms. The minimum absolute atomic E-state index is 0.00561. The van der Waals surface area contributed by atoms with Crippen LogP contribution >= 0.6 is 12.6 Å². The molecule has 1 aliphatic heterocycles. The fraction of sp³-hybridized carbons (Fsp3) is 0.794. The summed E-state index contributed by atoms with van der Waals surface area (Å²) < 4.78 is 0. The molecule has 13 atom stereocenters. The van der Waals surface area contributed by atoms with Crippen LogP contribution in [0.25, 0.3) is 0 Å². The van der Waals surface area contributed by atoms with Gasteiger partial charge in [-0.1, -0.05) is 109 Å². The van der Waals surface area contributed by atoms with Crippen molar-refractivity contribution in [1.82, 2.24) is 55.6 Å². The van der Waals surface area contributed by atoms with Gasteiger partial charge in [-0.25, -0.2) is 0 Å². The van der Waals surface area contributed by atoms with Crippen molar-refractivity contribution in [3.05, 3.63) is 12.2 Å². The molecular formula is C63H113N11O12S. The molecular weight excluding hydrogens is 1130 g/mol. The van der Waals surface area contributed by atoms with E-state index in [1.807, 2.05) is 55.4 Å². The summed E-state index contributed by atoms with van der Waals surface area (Å²) in [6.45, 7) is 29.8. The lowest BCUT2D eigenvalue weighted by atomic mass is 9.91. The molecule has 0 aromatic carbocycles. The molecule has 0 bridgehead atoms. The number of hydrogen-bond donors (Lipinski definition) is 6. The lowest BCUT2D eigenvalue weighted by Gasteiger charge is -2.41. The molecule has 0 aromatic rings. The minimum atomic E-state index is -1.63. The Morgan fingerprint density at radius 3 is 1.24 bits per heavy atom. The normalized spacial score (nSPS) is 27.4. The van der Waals surface area contributed by atoms with Crippen LogP contribution in [0.1, 0.15) is 156 Å². The summed E-state index contributed by atoms with van der Waals surface area (Å²) >= 11 is 4.50. The summed E-state index contributed by atoms with van der Waals surface area (Å²) in [5.74, 6) is -10.2. The summed E-state index contributed by atoms with van der Waals surface area (Å²) in [7, 11) is 9.90. The summed E-state index contributed by atoms with van der Waals surface area (Å²) in [5, 5.41) is 23.2. The van der Waals surface area contributed by atoms with Crippen LogP contribution in [0.4, 0.5) is 0 Å². The second kappa shape index (κ2) is 36.0. The van der Waals surface area contributed by atoms with Crippen LogP contribution in [-0.4, -0.2) is 232 Å². The second-order valence-corrected chi connectivity index (χ2v) is 26.9. The number of likely N-dealkylation sites (N-methyl/N-ethyl adjacent to an activating group) is 7. The van der Waals surface area contributed by atoms with Gasteiger partial charge in [0.05, 0.1) is 6.10 Å². The van der Waals surface area contributed by atoms with Crippen LogP contribution in [0.3, 0.4) is 0 Å². The molecule has 0 aromatic heterocycles. The standard InChI is InChI=1S/C63H113N11O12S/c1-25-27-28-40(15)52(75)51-56(79)66-43(26-2)58(81)72(22)48(33-87)61(84)68(18)45(30-35(5)6)55(78)67-49(38(11)12)62(85)69(19)44(29-34(3)4)54(77)64-41(16)53(76)65-42(17)57(80)70(20)46(31-36(7)8)59(82)71(21)47(32-37(9)10)60(83)73(23)50(39(13)14)63(86)74(51)24/h25,27,34-52,75,87H,26,28-33H2,1-24H3,(H,64,77)(H,65,76)(H,66,79)(H,67,78)/b27-25+/t40-,41+,42-,43+,44+,45+,46+,47+,48-,49+,50+,51+,52-/m1/s1. The van der Waals surface area contributed by atoms with E-state index in [2.05, 4.69) is 33.9 Å². The Balaban J connectivity index is 4.41. The van der Waals surface area contributed by atoms with Crippen LogP contribution in [0.15, 0.2) is 12.2 Å². The fourth-order valence-electron chi connectivity index (χ4n) is 11.0. The van der Waals surface area contributed by atoms with E-state index < -0.39 is 155 Å². The zero-order valence-electron chi connectivity index (χ0n) is 57.1. The predicted octanol–water partition coefficient (Wildman–Crippen LogP) is 3.57. The number of thiol groups is 1. The Bertz CT molecular complexity index is 2390. The highest BCUT2D eigenvalue weighted by molar-refractivity contribution is 7.80. The third kappa shape index (κ3) is 21.8. The van der Waals surface area contributed by atoms with Gasteiger partial charge in [-0.2, -0.15) is 12.6 Å². The van der Waals surface area contributed by atoms with Crippen molar-refractivity contribution in [2.45, 2.75) is 229 Å². The molecule has 0 radical (unpaired) electrons. The van der Waals surface area contributed by atoms with Crippen molar-refractivity contribution in [3.63, 3.8) is 0 Å². The highest BCUT2D eigenvalue weighted by Gasteiger charge is 2.46. The van der Waals surface area contributed by atoms with E-state index in [-0.39, 0.29) is 61.5 Å². The van der Waals surface area contributed by atoms with Gasteiger partial charge in [-0.15, -0.1) is 0 Å². The maximum absolute atomic E-state index is 15.2. The number of rotatable bonds is 16. The average Bonchev–Trinajstić information content (AvgIpc) is 1.23. The Hall–Kier alpha value is -5.78. The molecule has 11 amide bonds. The SMILES string of the molecule is C/C=C/C[C@@H](C)[C@@H](O)[C@H]1C(=O)N[C@@H](CC)C(=O)N(C)[C@H](CS)C(=O)N(C)[C@@H](CC(C)C)C(=O)N[C@@H](C(C)C)C(=O)N(C)[C@@H](CC(C)C)C(=O)N[C@@H](C)C(=O)N[C@H](C)C(=O)N(C)[C@@H](CC(C)C)C(=O)N(C)[C@@H](CC(C)C)C(=O)N(C)[C@@H](C(C)C)C(=O)N1C. The first-order chi connectivity index (χ1) is 40.2. The Kier molecular flexibility index (Phi) is 32.8. The lowest BCUT2D eigenvalue weighted by molar-refractivity contribution is -0.157. The van der Waals surface area contributed by atoms with Gasteiger partial charge < -0.3 is 60.7 Å². The van der Waals surface area contributed by atoms with Gasteiger partial charge in [0, 0.05) is 55.1 Å². The van der Waals surface area contributed by atoms with E-state index in [1.54, 1.807) is 60.6 Å². The van der Waals surface area contributed by atoms with Crippen molar-refractivity contribution >= 4 is 77.6 Å². The number of nitrogens with one attached hydrogen (secondary N) is 4. The molecule has 87 heavy (non-hydrogen) atoms. The van der Waals surface area contributed by atoms with Crippen LogP contribution in [-0.2, 0) is 52.7 Å². The van der Waals surface area contributed by atoms with E-state index in [0.717, 1.165) is 9.80 Å². The molecule has 1 rings (SSSR count). The van der Waals surface area contributed by atoms with Crippen molar-refractivity contribution in [2.24, 2.45) is 41.4 Å². The maximum Gasteiger partial charge on any atom is 0.246 e. The van der Waals surface area contributed by atoms with Gasteiger partial charge in [0.25, 0.3) is 0 Å². The quantitative estimate of drug-likeness (QED) is 0.0957. The highest BCUT2D eigenvalue weighted by Crippen LogP contribution is 2.26. The molecule has 1 heterocycles. The molecule has 0 spiro atoms. The van der Waals surface area contributed by atoms with E-state index in [4.69, 9.17) is 0 Å². The third-order valence-electron chi connectivity index (χ3n) is 16.6. The van der Waals surface area contributed by atoms with Crippen molar-refractivity contribution in [3.8, 4) is 0 Å². The summed E-state index contributed by atoms with van der Waals surface area (Å²) in [5.41, 5.74) is 0. The topological polar surface area (TPSA) is 279 Å². The van der Waals surface area contributed by atoms with Crippen LogP contribution in [0.5, 0.6) is 0 Å². The molecule has 0 saturated carbocycles. The molecule has 0 aliphatic carbocycles. The highest BCUT2D eigenvalue weighted by atomic mass is 32.1. The van der Waals surface area contributed by atoms with E-state index in [9.17, 15) is 48.3 Å². The number of aliphatic hydroxyl groups excluding tert-OH is 1. The Labute approximate surface area is 526 Å². The number of carbonyl (C=O) groups is 11.